The van der Waals surface area contributed by atoms with E-state index in [1.54, 1.807) is 6.07 Å². The normalized spacial score (nSPS) is 10.0. The van der Waals surface area contributed by atoms with Crippen molar-refractivity contribution in [2.24, 2.45) is 0 Å². The van der Waals surface area contributed by atoms with Crippen molar-refractivity contribution in [2.45, 2.75) is 32.6 Å². The molecule has 0 aliphatic heterocycles. The number of nitrogens with one attached hydrogen (secondary N) is 3. The fourth-order valence-corrected chi connectivity index (χ4v) is 2.32. The molecule has 3 amide bonds. The fraction of sp³-hybridized carbons (Fsp3) is 0.533. The summed E-state index contributed by atoms with van der Waals surface area (Å²) in [5.41, 5.74) is 0. The summed E-state index contributed by atoms with van der Waals surface area (Å²) in [4.78, 5) is 35.2. The summed E-state index contributed by atoms with van der Waals surface area (Å²) in [6.07, 6.45) is 1.94. The summed E-state index contributed by atoms with van der Waals surface area (Å²) in [6, 6.07) is 3.60. The van der Waals surface area contributed by atoms with Gasteiger partial charge in [0.25, 0.3) is 5.91 Å². The molecule has 6 nitrogen and oxygen atoms in total. The summed E-state index contributed by atoms with van der Waals surface area (Å²) < 4.78 is 0. The van der Waals surface area contributed by atoms with Gasteiger partial charge in [-0.2, -0.15) is 0 Å². The van der Waals surface area contributed by atoms with Gasteiger partial charge in [0.05, 0.1) is 4.88 Å². The van der Waals surface area contributed by atoms with E-state index in [1.165, 1.54) is 11.3 Å². The molecule has 0 saturated heterocycles. The maximum atomic E-state index is 11.6. The van der Waals surface area contributed by atoms with E-state index in [0.717, 1.165) is 6.42 Å². The Hall–Kier alpha value is -1.89. The van der Waals surface area contributed by atoms with Crippen LogP contribution in [0.1, 0.15) is 42.3 Å². The molecule has 0 spiro atoms. The molecule has 0 bridgehead atoms. The summed E-state index contributed by atoms with van der Waals surface area (Å²) in [6.45, 7) is 3.61. The van der Waals surface area contributed by atoms with Crippen LogP contribution in [0.2, 0.25) is 0 Å². The lowest BCUT2D eigenvalue weighted by Crippen LogP contribution is -2.31. The highest BCUT2D eigenvalue weighted by atomic mass is 32.1. The van der Waals surface area contributed by atoms with E-state index in [9.17, 15) is 14.4 Å². The zero-order valence-corrected chi connectivity index (χ0v) is 13.6. The molecule has 22 heavy (non-hydrogen) atoms. The molecule has 0 saturated carbocycles. The highest BCUT2D eigenvalue weighted by Crippen LogP contribution is 2.07. The molecule has 0 aromatic carbocycles. The number of thiophene rings is 1. The minimum Gasteiger partial charge on any atom is -0.356 e. The van der Waals surface area contributed by atoms with Gasteiger partial charge >= 0.3 is 0 Å². The van der Waals surface area contributed by atoms with Gasteiger partial charge in [-0.05, 0) is 24.3 Å². The second kappa shape index (κ2) is 10.8. The van der Waals surface area contributed by atoms with Gasteiger partial charge in [-0.25, -0.2) is 0 Å². The van der Waals surface area contributed by atoms with Gasteiger partial charge in [0.15, 0.2) is 0 Å². The van der Waals surface area contributed by atoms with E-state index < -0.39 is 0 Å². The lowest BCUT2D eigenvalue weighted by atomic mass is 10.2. The largest absolute Gasteiger partial charge is 0.356 e. The Morgan fingerprint density at radius 3 is 2.23 bits per heavy atom. The van der Waals surface area contributed by atoms with Crippen molar-refractivity contribution in [1.29, 1.82) is 0 Å². The van der Waals surface area contributed by atoms with Crippen molar-refractivity contribution in [3.63, 3.8) is 0 Å². The molecule has 0 aliphatic carbocycles. The molecule has 0 aliphatic rings. The van der Waals surface area contributed by atoms with Crippen LogP contribution in [0.15, 0.2) is 17.5 Å². The van der Waals surface area contributed by atoms with Gasteiger partial charge in [-0.15, -0.1) is 11.3 Å². The van der Waals surface area contributed by atoms with Crippen LogP contribution < -0.4 is 16.0 Å². The van der Waals surface area contributed by atoms with Crippen molar-refractivity contribution < 1.29 is 14.4 Å². The van der Waals surface area contributed by atoms with Crippen LogP contribution >= 0.6 is 11.3 Å². The van der Waals surface area contributed by atoms with Crippen LogP contribution in [-0.2, 0) is 9.59 Å². The highest BCUT2D eigenvalue weighted by molar-refractivity contribution is 7.12. The van der Waals surface area contributed by atoms with E-state index in [2.05, 4.69) is 16.0 Å². The topological polar surface area (TPSA) is 87.3 Å². The third-order valence-electron chi connectivity index (χ3n) is 2.86. The predicted octanol–water partition coefficient (Wildman–Crippen LogP) is 1.29. The first-order chi connectivity index (χ1) is 10.6. The Morgan fingerprint density at radius 2 is 1.64 bits per heavy atom. The molecule has 0 unspecified atom stereocenters. The average Bonchev–Trinajstić information content (AvgIpc) is 3.04. The van der Waals surface area contributed by atoms with Gasteiger partial charge in [0.1, 0.15) is 0 Å². The Morgan fingerprint density at radius 1 is 1.00 bits per heavy atom. The first kappa shape index (κ1) is 18.2. The van der Waals surface area contributed by atoms with Crippen molar-refractivity contribution in [1.82, 2.24) is 16.0 Å². The van der Waals surface area contributed by atoms with Gasteiger partial charge in [-0.1, -0.05) is 13.0 Å². The maximum absolute atomic E-state index is 11.6. The Bertz CT molecular complexity index is 474. The molecular weight excluding hydrogens is 302 g/mol. The second-order valence-electron chi connectivity index (χ2n) is 4.79. The minimum absolute atomic E-state index is 0.0890. The monoisotopic (exact) mass is 325 g/mol. The van der Waals surface area contributed by atoms with Crippen LogP contribution in [0.4, 0.5) is 0 Å². The summed E-state index contributed by atoms with van der Waals surface area (Å²) in [7, 11) is 0. The molecule has 0 fully saturated rings. The highest BCUT2D eigenvalue weighted by Gasteiger charge is 2.07. The summed E-state index contributed by atoms with van der Waals surface area (Å²) >= 11 is 1.39. The molecular formula is C15H23N3O3S. The number of rotatable bonds is 10. The van der Waals surface area contributed by atoms with Crippen molar-refractivity contribution >= 4 is 29.1 Å². The third kappa shape index (κ3) is 7.78. The molecule has 1 heterocycles. The zero-order valence-electron chi connectivity index (χ0n) is 12.8. The van der Waals surface area contributed by atoms with Gasteiger partial charge < -0.3 is 16.0 Å². The first-order valence-electron chi connectivity index (χ1n) is 7.48. The number of hydrogen-bond donors (Lipinski definition) is 3. The molecule has 0 radical (unpaired) electrons. The number of hydrogen-bond acceptors (Lipinski definition) is 4. The van der Waals surface area contributed by atoms with Crippen molar-refractivity contribution in [3.8, 4) is 0 Å². The van der Waals surface area contributed by atoms with E-state index in [1.807, 2.05) is 18.4 Å². The average molecular weight is 325 g/mol. The van der Waals surface area contributed by atoms with Crippen LogP contribution in [0.25, 0.3) is 0 Å². The van der Waals surface area contributed by atoms with Gasteiger partial charge in [0, 0.05) is 32.5 Å². The number of carbonyl (C=O) groups is 3. The lowest BCUT2D eigenvalue weighted by Gasteiger charge is -2.06. The quantitative estimate of drug-likeness (QED) is 0.567. The SMILES string of the molecule is CCCNC(=O)CCC(=O)NCCCNC(=O)c1cccs1. The van der Waals surface area contributed by atoms with E-state index in [4.69, 9.17) is 0 Å². The minimum atomic E-state index is -0.142. The zero-order chi connectivity index (χ0) is 16.2. The Labute approximate surface area is 134 Å². The molecule has 0 atom stereocenters. The summed E-state index contributed by atoms with van der Waals surface area (Å²) in [5.74, 6) is -0.328. The number of amides is 3. The Kier molecular flexibility index (Phi) is 8.90. The lowest BCUT2D eigenvalue weighted by molar-refractivity contribution is -0.126. The smallest absolute Gasteiger partial charge is 0.261 e. The van der Waals surface area contributed by atoms with Crippen molar-refractivity contribution in [2.75, 3.05) is 19.6 Å². The van der Waals surface area contributed by atoms with Crippen molar-refractivity contribution in [3.05, 3.63) is 22.4 Å². The molecule has 122 valence electrons. The molecule has 3 N–H and O–H groups in total. The first-order valence-corrected chi connectivity index (χ1v) is 8.36. The maximum Gasteiger partial charge on any atom is 0.261 e. The van der Waals surface area contributed by atoms with Crippen LogP contribution in [-0.4, -0.2) is 37.4 Å². The number of carbonyl (C=O) groups excluding carboxylic acids is 3. The fourth-order valence-electron chi connectivity index (χ4n) is 1.68. The van der Waals surface area contributed by atoms with E-state index in [-0.39, 0.29) is 30.6 Å². The van der Waals surface area contributed by atoms with Crippen LogP contribution in [0.5, 0.6) is 0 Å². The summed E-state index contributed by atoms with van der Waals surface area (Å²) in [5, 5.41) is 10.1. The standard InChI is InChI=1S/C15H23N3O3S/c1-2-8-16-13(19)6-7-14(20)17-9-4-10-18-15(21)12-5-3-11-22-12/h3,5,11H,2,4,6-10H2,1H3,(H,16,19)(H,17,20)(H,18,21). The van der Waals surface area contributed by atoms with E-state index in [0.29, 0.717) is 30.9 Å². The molecule has 1 rings (SSSR count). The third-order valence-corrected chi connectivity index (χ3v) is 3.73. The molecule has 1 aromatic heterocycles. The van der Waals surface area contributed by atoms with Gasteiger partial charge in [0.2, 0.25) is 11.8 Å². The van der Waals surface area contributed by atoms with Gasteiger partial charge in [-0.3, -0.25) is 14.4 Å². The predicted molar refractivity (Wildman–Crippen MR) is 86.8 cm³/mol. The van der Waals surface area contributed by atoms with Crippen LogP contribution in [0, 0.1) is 0 Å². The Balaban J connectivity index is 2.01. The second-order valence-corrected chi connectivity index (χ2v) is 5.73. The van der Waals surface area contributed by atoms with E-state index >= 15 is 0 Å². The molecule has 1 aromatic rings. The van der Waals surface area contributed by atoms with Crippen LogP contribution in [0.3, 0.4) is 0 Å². The molecule has 7 heteroatoms.